The molecule has 0 bridgehead atoms. The second-order valence-corrected chi connectivity index (χ2v) is 6.51. The van der Waals surface area contributed by atoms with Crippen LogP contribution in [0.25, 0.3) is 0 Å². The number of rotatable bonds is 2. The van der Waals surface area contributed by atoms with Crippen molar-refractivity contribution in [2.75, 3.05) is 18.0 Å². The van der Waals surface area contributed by atoms with Crippen LogP contribution in [-0.4, -0.2) is 13.1 Å². The van der Waals surface area contributed by atoms with Crippen LogP contribution in [0.2, 0.25) is 0 Å². The van der Waals surface area contributed by atoms with Crippen LogP contribution in [0.5, 0.6) is 0 Å². The van der Waals surface area contributed by atoms with Crippen molar-refractivity contribution >= 4 is 5.69 Å². The number of anilines is 1. The molecule has 1 aliphatic heterocycles. The van der Waals surface area contributed by atoms with E-state index in [4.69, 9.17) is 5.73 Å². The summed E-state index contributed by atoms with van der Waals surface area (Å²) in [7, 11) is 0. The predicted molar refractivity (Wildman–Crippen MR) is 81.4 cm³/mol. The van der Waals surface area contributed by atoms with E-state index >= 15 is 0 Å². The molecule has 2 aliphatic rings. The molecule has 1 aromatic carbocycles. The molecule has 0 amide bonds. The fraction of sp³-hybridized carbons (Fsp3) is 0.647. The zero-order valence-corrected chi connectivity index (χ0v) is 12.1. The Hall–Kier alpha value is -1.02. The van der Waals surface area contributed by atoms with Gasteiger partial charge in [-0.15, -0.1) is 0 Å². The first kappa shape index (κ1) is 13.0. The fourth-order valence-corrected chi connectivity index (χ4v) is 3.97. The van der Waals surface area contributed by atoms with Crippen molar-refractivity contribution in [1.29, 1.82) is 0 Å². The van der Waals surface area contributed by atoms with Crippen molar-refractivity contribution in [3.63, 3.8) is 0 Å². The van der Waals surface area contributed by atoms with Gasteiger partial charge in [-0.1, -0.05) is 18.9 Å². The summed E-state index contributed by atoms with van der Waals surface area (Å²) in [6.07, 6.45) is 8.67. The van der Waals surface area contributed by atoms with Crippen LogP contribution in [0.1, 0.15) is 49.7 Å². The van der Waals surface area contributed by atoms with Crippen LogP contribution in [0.4, 0.5) is 5.69 Å². The smallest absolute Gasteiger partial charge is 0.0369 e. The van der Waals surface area contributed by atoms with Gasteiger partial charge in [-0.05, 0) is 61.3 Å². The molecule has 2 nitrogen and oxygen atoms in total. The summed E-state index contributed by atoms with van der Waals surface area (Å²) in [5.41, 5.74) is 10.5. The van der Waals surface area contributed by atoms with Gasteiger partial charge in [0.2, 0.25) is 0 Å². The maximum Gasteiger partial charge on any atom is 0.0369 e. The maximum atomic E-state index is 5.74. The third-order valence-corrected chi connectivity index (χ3v) is 5.40. The van der Waals surface area contributed by atoms with E-state index in [0.29, 0.717) is 12.0 Å². The summed E-state index contributed by atoms with van der Waals surface area (Å²) >= 11 is 0. The topological polar surface area (TPSA) is 29.3 Å². The molecule has 0 radical (unpaired) electrons. The Labute approximate surface area is 117 Å². The van der Waals surface area contributed by atoms with Crippen LogP contribution in [-0.2, 0) is 6.54 Å². The highest BCUT2D eigenvalue weighted by atomic mass is 15.1. The average Bonchev–Trinajstić information content (AvgIpc) is 2.88. The van der Waals surface area contributed by atoms with Crippen molar-refractivity contribution in [3.8, 4) is 0 Å². The van der Waals surface area contributed by atoms with Crippen molar-refractivity contribution in [2.45, 2.75) is 52.0 Å². The molecular formula is C17H26N2. The third kappa shape index (κ3) is 2.51. The lowest BCUT2D eigenvalue weighted by molar-refractivity contribution is 0.226. The summed E-state index contributed by atoms with van der Waals surface area (Å²) in [6, 6.07) is 6.77. The lowest BCUT2D eigenvalue weighted by Crippen LogP contribution is -2.38. The lowest BCUT2D eigenvalue weighted by Gasteiger charge is -2.40. The summed E-state index contributed by atoms with van der Waals surface area (Å²) in [4.78, 5) is 2.57. The number of aryl methyl sites for hydroxylation is 1. The van der Waals surface area contributed by atoms with Crippen molar-refractivity contribution in [3.05, 3.63) is 29.3 Å². The van der Waals surface area contributed by atoms with Crippen LogP contribution >= 0.6 is 0 Å². The zero-order valence-electron chi connectivity index (χ0n) is 12.1. The number of piperidine rings is 1. The van der Waals surface area contributed by atoms with Gasteiger partial charge in [0.15, 0.2) is 0 Å². The van der Waals surface area contributed by atoms with Crippen molar-refractivity contribution < 1.29 is 0 Å². The van der Waals surface area contributed by atoms with E-state index < -0.39 is 0 Å². The molecule has 2 fully saturated rings. The van der Waals surface area contributed by atoms with Gasteiger partial charge in [-0.25, -0.2) is 0 Å². The van der Waals surface area contributed by atoms with E-state index in [0.717, 1.165) is 0 Å². The number of nitrogens with two attached hydrogens (primary N) is 1. The quantitative estimate of drug-likeness (QED) is 0.878. The second-order valence-electron chi connectivity index (χ2n) is 6.51. The van der Waals surface area contributed by atoms with Gasteiger partial charge >= 0.3 is 0 Å². The van der Waals surface area contributed by atoms with Crippen LogP contribution in [0.3, 0.4) is 0 Å². The largest absolute Gasteiger partial charge is 0.371 e. The third-order valence-electron chi connectivity index (χ3n) is 5.40. The summed E-state index contributed by atoms with van der Waals surface area (Å²) in [5.74, 6) is 0. The lowest BCUT2D eigenvalue weighted by atomic mass is 9.77. The Morgan fingerprint density at radius 2 is 1.79 bits per heavy atom. The van der Waals surface area contributed by atoms with Gasteiger partial charge in [-0.2, -0.15) is 0 Å². The first-order valence-corrected chi connectivity index (χ1v) is 7.77. The molecule has 104 valence electrons. The van der Waals surface area contributed by atoms with Gasteiger partial charge in [0.25, 0.3) is 0 Å². The molecule has 0 aromatic heterocycles. The van der Waals surface area contributed by atoms with Crippen LogP contribution in [0.15, 0.2) is 18.2 Å². The number of nitrogens with zero attached hydrogens (tertiary/aromatic N) is 1. The first-order chi connectivity index (χ1) is 9.22. The average molecular weight is 258 g/mol. The van der Waals surface area contributed by atoms with E-state index in [9.17, 15) is 0 Å². The number of benzene rings is 1. The molecule has 0 atom stereocenters. The molecule has 1 aromatic rings. The van der Waals surface area contributed by atoms with Gasteiger partial charge in [0.05, 0.1) is 0 Å². The molecule has 2 N–H and O–H groups in total. The molecule has 19 heavy (non-hydrogen) atoms. The molecule has 1 heterocycles. The highest BCUT2D eigenvalue weighted by Gasteiger charge is 2.36. The highest BCUT2D eigenvalue weighted by Crippen LogP contribution is 2.46. The summed E-state index contributed by atoms with van der Waals surface area (Å²) < 4.78 is 0. The second kappa shape index (κ2) is 5.16. The molecule has 2 heteroatoms. The van der Waals surface area contributed by atoms with Gasteiger partial charge in [0, 0.05) is 25.3 Å². The van der Waals surface area contributed by atoms with Crippen molar-refractivity contribution in [2.24, 2.45) is 11.1 Å². The number of hydrogen-bond donors (Lipinski definition) is 1. The van der Waals surface area contributed by atoms with E-state index in [2.05, 4.69) is 30.0 Å². The Kier molecular flexibility index (Phi) is 3.53. The SMILES string of the molecule is Cc1cc(N2CCC3(CCCC3)CC2)ccc1CN. The minimum absolute atomic E-state index is 0.648. The van der Waals surface area contributed by atoms with Crippen LogP contribution in [0, 0.1) is 12.3 Å². The minimum Gasteiger partial charge on any atom is -0.371 e. The van der Waals surface area contributed by atoms with E-state index in [1.165, 1.54) is 68.4 Å². The standard InChI is InChI=1S/C17H26N2/c1-14-12-16(5-4-15(14)13-18)19-10-8-17(9-11-19)6-2-3-7-17/h4-5,12H,2-3,6-11,13,18H2,1H3. The van der Waals surface area contributed by atoms with Gasteiger partial charge in [0.1, 0.15) is 0 Å². The number of hydrogen-bond acceptors (Lipinski definition) is 2. The summed E-state index contributed by atoms with van der Waals surface area (Å²) in [6.45, 7) is 5.30. The van der Waals surface area contributed by atoms with E-state index in [-0.39, 0.29) is 0 Å². The Morgan fingerprint density at radius 3 is 2.37 bits per heavy atom. The Bertz CT molecular complexity index is 437. The molecule has 1 saturated heterocycles. The molecule has 0 unspecified atom stereocenters. The minimum atomic E-state index is 0.648. The predicted octanol–water partition coefficient (Wildman–Crippen LogP) is 3.61. The van der Waals surface area contributed by atoms with Crippen LogP contribution < -0.4 is 10.6 Å². The molecule has 1 aliphatic carbocycles. The Morgan fingerprint density at radius 1 is 1.11 bits per heavy atom. The van der Waals surface area contributed by atoms with E-state index in [1.54, 1.807) is 0 Å². The van der Waals surface area contributed by atoms with Gasteiger partial charge < -0.3 is 10.6 Å². The van der Waals surface area contributed by atoms with Gasteiger partial charge in [-0.3, -0.25) is 0 Å². The fourth-order valence-electron chi connectivity index (χ4n) is 3.97. The van der Waals surface area contributed by atoms with E-state index in [1.807, 2.05) is 0 Å². The molecule has 1 spiro atoms. The normalized spacial score (nSPS) is 22.1. The monoisotopic (exact) mass is 258 g/mol. The maximum absolute atomic E-state index is 5.74. The van der Waals surface area contributed by atoms with Crippen molar-refractivity contribution in [1.82, 2.24) is 0 Å². The summed E-state index contributed by atoms with van der Waals surface area (Å²) in [5, 5.41) is 0. The zero-order chi connectivity index (χ0) is 13.3. The first-order valence-electron chi connectivity index (χ1n) is 7.77. The molecule has 3 rings (SSSR count). The highest BCUT2D eigenvalue weighted by molar-refractivity contribution is 5.51. The Balaban J connectivity index is 1.69. The molecule has 1 saturated carbocycles. The molecular weight excluding hydrogens is 232 g/mol.